The Kier molecular flexibility index (Phi) is 4.70. The molecule has 0 aliphatic carbocycles. The van der Waals surface area contributed by atoms with E-state index in [2.05, 4.69) is 13.8 Å². The van der Waals surface area contributed by atoms with Gasteiger partial charge < -0.3 is 14.2 Å². The Labute approximate surface area is 144 Å². The van der Waals surface area contributed by atoms with E-state index in [1.165, 1.54) is 0 Å². The third-order valence-corrected chi connectivity index (χ3v) is 5.51. The van der Waals surface area contributed by atoms with Crippen molar-refractivity contribution < 1.29 is 14.0 Å². The van der Waals surface area contributed by atoms with E-state index in [4.69, 9.17) is 4.42 Å². The molecule has 1 aromatic heterocycles. The maximum atomic E-state index is 13.0. The number of furan rings is 1. The lowest BCUT2D eigenvalue weighted by Gasteiger charge is -2.46. The van der Waals surface area contributed by atoms with Crippen molar-refractivity contribution in [3.63, 3.8) is 0 Å². The third kappa shape index (κ3) is 3.08. The summed E-state index contributed by atoms with van der Waals surface area (Å²) in [6, 6.07) is 1.73. The predicted molar refractivity (Wildman–Crippen MR) is 91.7 cm³/mol. The van der Waals surface area contributed by atoms with Crippen molar-refractivity contribution in [1.29, 1.82) is 0 Å². The van der Waals surface area contributed by atoms with E-state index in [0.29, 0.717) is 36.2 Å². The number of aryl methyl sites for hydroxylation is 1. The van der Waals surface area contributed by atoms with Gasteiger partial charge in [-0.3, -0.25) is 9.59 Å². The molecule has 0 radical (unpaired) electrons. The number of likely N-dealkylation sites (tertiary alicyclic amines) is 2. The zero-order valence-electron chi connectivity index (χ0n) is 15.0. The molecule has 2 aliphatic rings. The average molecular weight is 332 g/mol. The van der Waals surface area contributed by atoms with Crippen LogP contribution in [0.5, 0.6) is 0 Å². The van der Waals surface area contributed by atoms with Crippen molar-refractivity contribution in [2.75, 3.05) is 26.2 Å². The van der Waals surface area contributed by atoms with Crippen LogP contribution < -0.4 is 0 Å². The van der Waals surface area contributed by atoms with Gasteiger partial charge in [0.25, 0.3) is 5.91 Å². The van der Waals surface area contributed by atoms with E-state index in [1.54, 1.807) is 12.3 Å². The highest BCUT2D eigenvalue weighted by atomic mass is 16.3. The summed E-state index contributed by atoms with van der Waals surface area (Å²) in [7, 11) is 0. The maximum Gasteiger partial charge on any atom is 0.257 e. The van der Waals surface area contributed by atoms with Gasteiger partial charge in [-0.05, 0) is 44.6 Å². The maximum absolute atomic E-state index is 13.0. The van der Waals surface area contributed by atoms with Crippen molar-refractivity contribution in [2.24, 2.45) is 11.3 Å². The highest BCUT2D eigenvalue weighted by Crippen LogP contribution is 2.41. The Balaban J connectivity index is 1.66. The number of hydrogen-bond acceptors (Lipinski definition) is 3. The zero-order chi connectivity index (χ0) is 17.3. The van der Waals surface area contributed by atoms with Gasteiger partial charge in [-0.15, -0.1) is 0 Å². The van der Waals surface area contributed by atoms with Crippen LogP contribution in [0.25, 0.3) is 0 Å². The molecule has 0 bridgehead atoms. The summed E-state index contributed by atoms with van der Waals surface area (Å²) in [5.41, 5.74) is 0.400. The topological polar surface area (TPSA) is 53.8 Å². The van der Waals surface area contributed by atoms with Crippen molar-refractivity contribution >= 4 is 11.8 Å². The quantitative estimate of drug-likeness (QED) is 0.855. The van der Waals surface area contributed by atoms with E-state index in [0.717, 1.165) is 38.8 Å². The highest BCUT2D eigenvalue weighted by Gasteiger charge is 2.46. The monoisotopic (exact) mass is 332 g/mol. The molecule has 2 fully saturated rings. The fourth-order valence-electron chi connectivity index (χ4n) is 4.15. The second kappa shape index (κ2) is 6.61. The fourth-order valence-corrected chi connectivity index (χ4v) is 4.15. The van der Waals surface area contributed by atoms with E-state index < -0.39 is 0 Å². The van der Waals surface area contributed by atoms with Crippen LogP contribution in [0.4, 0.5) is 0 Å². The van der Waals surface area contributed by atoms with Gasteiger partial charge in [0.1, 0.15) is 5.76 Å². The summed E-state index contributed by atoms with van der Waals surface area (Å²) >= 11 is 0. The van der Waals surface area contributed by atoms with Crippen LogP contribution in [0.2, 0.25) is 0 Å². The summed E-state index contributed by atoms with van der Waals surface area (Å²) < 4.78 is 5.25. The van der Waals surface area contributed by atoms with E-state index in [9.17, 15) is 9.59 Å². The molecule has 0 unspecified atom stereocenters. The lowest BCUT2D eigenvalue weighted by Crippen LogP contribution is -2.54. The summed E-state index contributed by atoms with van der Waals surface area (Å²) in [6.07, 6.45) is 5.16. The van der Waals surface area contributed by atoms with E-state index in [1.807, 2.05) is 16.7 Å². The zero-order valence-corrected chi connectivity index (χ0v) is 15.0. The Bertz CT molecular complexity index is 612. The Morgan fingerprint density at radius 1 is 1.25 bits per heavy atom. The first-order chi connectivity index (χ1) is 11.4. The molecule has 2 saturated heterocycles. The number of carbonyl (C=O) groups excluding carboxylic acids is 2. The van der Waals surface area contributed by atoms with Gasteiger partial charge >= 0.3 is 0 Å². The molecular weight excluding hydrogens is 304 g/mol. The number of amides is 2. The average Bonchev–Trinajstić information content (AvgIpc) is 2.98. The molecule has 5 nitrogen and oxygen atoms in total. The van der Waals surface area contributed by atoms with Crippen molar-refractivity contribution in [1.82, 2.24) is 9.80 Å². The molecule has 0 atom stereocenters. The van der Waals surface area contributed by atoms with Crippen LogP contribution >= 0.6 is 0 Å². The standard InChI is InChI=1S/C19H28N2O3/c1-14(2)13-21-9-4-6-19(18(21)23)7-10-20(11-8-19)17(22)16-5-12-24-15(16)3/h5,12,14H,4,6-11,13H2,1-3H3. The SMILES string of the molecule is Cc1occc1C(=O)N1CCC2(CCCN(CC(C)C)C2=O)CC1. The molecule has 24 heavy (non-hydrogen) atoms. The minimum atomic E-state index is -0.241. The summed E-state index contributed by atoms with van der Waals surface area (Å²) in [5, 5.41) is 0. The van der Waals surface area contributed by atoms with Gasteiger partial charge in [-0.1, -0.05) is 13.8 Å². The van der Waals surface area contributed by atoms with Crippen molar-refractivity contribution in [3.8, 4) is 0 Å². The van der Waals surface area contributed by atoms with Crippen LogP contribution in [0.3, 0.4) is 0 Å². The molecule has 2 aliphatic heterocycles. The van der Waals surface area contributed by atoms with Gasteiger partial charge in [0.15, 0.2) is 0 Å². The van der Waals surface area contributed by atoms with Crippen LogP contribution in [0.15, 0.2) is 16.7 Å². The molecule has 0 saturated carbocycles. The summed E-state index contributed by atoms with van der Waals surface area (Å²) in [4.78, 5) is 29.5. The van der Waals surface area contributed by atoms with Crippen molar-refractivity contribution in [3.05, 3.63) is 23.7 Å². The Hall–Kier alpha value is -1.78. The first-order valence-corrected chi connectivity index (χ1v) is 9.06. The summed E-state index contributed by atoms with van der Waals surface area (Å²) in [6.45, 7) is 9.17. The number of hydrogen-bond donors (Lipinski definition) is 0. The molecule has 0 aromatic carbocycles. The molecule has 1 aromatic rings. The normalized spacial score (nSPS) is 20.9. The smallest absolute Gasteiger partial charge is 0.257 e. The van der Waals surface area contributed by atoms with Gasteiger partial charge in [0, 0.05) is 26.2 Å². The first-order valence-electron chi connectivity index (χ1n) is 9.06. The molecule has 3 rings (SSSR count). The largest absolute Gasteiger partial charge is 0.469 e. The fraction of sp³-hybridized carbons (Fsp3) is 0.684. The molecule has 3 heterocycles. The number of rotatable bonds is 3. The molecule has 0 N–H and O–H groups in total. The van der Waals surface area contributed by atoms with E-state index in [-0.39, 0.29) is 11.3 Å². The van der Waals surface area contributed by atoms with Crippen molar-refractivity contribution in [2.45, 2.75) is 46.5 Å². The van der Waals surface area contributed by atoms with Gasteiger partial charge in [0.2, 0.25) is 5.91 Å². The highest BCUT2D eigenvalue weighted by molar-refractivity contribution is 5.95. The minimum absolute atomic E-state index is 0.0263. The molecular formula is C19H28N2O3. The second-order valence-corrected chi connectivity index (χ2v) is 7.71. The van der Waals surface area contributed by atoms with Gasteiger partial charge in [0.05, 0.1) is 17.2 Å². The number of carbonyl (C=O) groups is 2. The third-order valence-electron chi connectivity index (χ3n) is 5.51. The first kappa shape index (κ1) is 17.1. The molecule has 2 amide bonds. The Morgan fingerprint density at radius 3 is 2.54 bits per heavy atom. The molecule has 132 valence electrons. The number of nitrogens with zero attached hydrogens (tertiary/aromatic N) is 2. The summed E-state index contributed by atoms with van der Waals surface area (Å²) in [5.74, 6) is 1.50. The second-order valence-electron chi connectivity index (χ2n) is 7.71. The lowest BCUT2D eigenvalue weighted by molar-refractivity contribution is -0.150. The van der Waals surface area contributed by atoms with Crippen LogP contribution in [-0.2, 0) is 4.79 Å². The predicted octanol–water partition coefficient (Wildman–Crippen LogP) is 3.09. The lowest BCUT2D eigenvalue weighted by atomic mass is 9.71. The minimum Gasteiger partial charge on any atom is -0.469 e. The number of piperidine rings is 2. The Morgan fingerprint density at radius 2 is 1.96 bits per heavy atom. The van der Waals surface area contributed by atoms with Crippen LogP contribution in [-0.4, -0.2) is 47.8 Å². The molecule has 5 heteroatoms. The van der Waals surface area contributed by atoms with Gasteiger partial charge in [-0.25, -0.2) is 0 Å². The van der Waals surface area contributed by atoms with Gasteiger partial charge in [-0.2, -0.15) is 0 Å². The molecule has 1 spiro atoms. The van der Waals surface area contributed by atoms with Crippen LogP contribution in [0, 0.1) is 18.3 Å². The van der Waals surface area contributed by atoms with Crippen LogP contribution in [0.1, 0.15) is 55.6 Å². The van der Waals surface area contributed by atoms with E-state index >= 15 is 0 Å².